The minimum absolute atomic E-state index is 0.125. The Bertz CT molecular complexity index is 166. The van der Waals surface area contributed by atoms with Crippen LogP contribution in [-0.4, -0.2) is 11.8 Å². The summed E-state index contributed by atoms with van der Waals surface area (Å²) in [5.41, 5.74) is 0.663. The number of nitrogens with zero attached hydrogens (tertiary/aromatic N) is 1. The lowest BCUT2D eigenvalue weighted by Gasteiger charge is -2.39. The Kier molecular flexibility index (Phi) is 1.50. The molecule has 1 heteroatoms. The molecule has 0 fully saturated rings. The van der Waals surface area contributed by atoms with Crippen LogP contribution in [0.3, 0.4) is 0 Å². The first-order chi connectivity index (χ1) is 4.71. The van der Waals surface area contributed by atoms with E-state index in [0.29, 0.717) is 0 Å². The summed E-state index contributed by atoms with van der Waals surface area (Å²) in [6.45, 7) is 13.5. The zero-order valence-electron chi connectivity index (χ0n) is 8.52. The fourth-order valence-corrected chi connectivity index (χ4v) is 1.96. The molecule has 0 bridgehead atoms. The van der Waals surface area contributed by atoms with Crippen LogP contribution < -0.4 is 0 Å². The Morgan fingerprint density at radius 2 is 1.18 bits per heavy atom. The predicted octanol–water partition coefficient (Wildman–Crippen LogP) is 2.90. The van der Waals surface area contributed by atoms with Gasteiger partial charge in [-0.2, -0.15) is 0 Å². The molecule has 0 N–H and O–H groups in total. The predicted molar refractivity (Wildman–Crippen MR) is 50.1 cm³/mol. The maximum Gasteiger partial charge on any atom is 0.105 e. The van der Waals surface area contributed by atoms with E-state index in [-0.39, 0.29) is 16.4 Å². The zero-order valence-corrected chi connectivity index (χ0v) is 8.52. The van der Waals surface area contributed by atoms with Crippen molar-refractivity contribution >= 4 is 6.21 Å². The van der Waals surface area contributed by atoms with E-state index in [2.05, 4.69) is 52.7 Å². The highest BCUT2D eigenvalue weighted by Crippen LogP contribution is 2.51. The van der Waals surface area contributed by atoms with Gasteiger partial charge in [0, 0.05) is 6.21 Å². The van der Waals surface area contributed by atoms with Gasteiger partial charge >= 0.3 is 0 Å². The van der Waals surface area contributed by atoms with Gasteiger partial charge in [-0.1, -0.05) is 41.5 Å². The summed E-state index contributed by atoms with van der Waals surface area (Å²) in [4.78, 5) is 4.45. The molecule has 64 valence electrons. The number of hydrogen-bond donors (Lipinski definition) is 0. The molecule has 0 unspecified atom stereocenters. The van der Waals surface area contributed by atoms with Gasteiger partial charge in [0.05, 0.1) is 0 Å². The average molecular weight is 153 g/mol. The Hall–Kier alpha value is -0.330. The minimum Gasteiger partial charge on any atom is -0.281 e. The van der Waals surface area contributed by atoms with Crippen molar-refractivity contribution in [2.24, 2.45) is 15.8 Å². The van der Waals surface area contributed by atoms with E-state index in [1.165, 1.54) is 0 Å². The van der Waals surface area contributed by atoms with Crippen LogP contribution in [0, 0.1) is 10.8 Å². The highest BCUT2D eigenvalue weighted by atomic mass is 15.1. The molecule has 0 aromatic rings. The second kappa shape index (κ2) is 1.88. The number of hydrogen-bond acceptors (Lipinski definition) is 1. The largest absolute Gasteiger partial charge is 0.281 e. The van der Waals surface area contributed by atoms with Crippen LogP contribution in [0.2, 0.25) is 0 Å². The van der Waals surface area contributed by atoms with Crippen molar-refractivity contribution in [3.05, 3.63) is 0 Å². The topological polar surface area (TPSA) is 12.4 Å². The standard InChI is InChI=1S/C10H19N/c1-8(2,3)10(7-11-10)9(4,5)6/h7H,1-6H3. The summed E-state index contributed by atoms with van der Waals surface area (Å²) in [6.07, 6.45) is 2.10. The second-order valence-electron chi connectivity index (χ2n) is 5.52. The van der Waals surface area contributed by atoms with Crippen LogP contribution >= 0.6 is 0 Å². The Labute approximate surface area is 69.9 Å². The van der Waals surface area contributed by atoms with Gasteiger partial charge in [-0.3, -0.25) is 4.99 Å². The molecule has 1 aliphatic heterocycles. The molecule has 1 nitrogen and oxygen atoms in total. The highest BCUT2D eigenvalue weighted by molar-refractivity contribution is 5.86. The molecule has 0 aliphatic carbocycles. The number of rotatable bonds is 0. The van der Waals surface area contributed by atoms with Crippen LogP contribution in [0.15, 0.2) is 4.99 Å². The fraction of sp³-hybridized carbons (Fsp3) is 0.900. The van der Waals surface area contributed by atoms with E-state index in [0.717, 1.165) is 0 Å². The lowest BCUT2D eigenvalue weighted by atomic mass is 9.65. The van der Waals surface area contributed by atoms with E-state index in [4.69, 9.17) is 0 Å². The number of aliphatic imine (C=N–C) groups is 1. The summed E-state index contributed by atoms with van der Waals surface area (Å²) < 4.78 is 0. The smallest absolute Gasteiger partial charge is 0.105 e. The first-order valence-corrected chi connectivity index (χ1v) is 4.27. The zero-order chi connectivity index (χ0) is 8.91. The lowest BCUT2D eigenvalue weighted by Crippen LogP contribution is -2.43. The van der Waals surface area contributed by atoms with Crippen LogP contribution in [0.5, 0.6) is 0 Å². The van der Waals surface area contributed by atoms with E-state index in [1.54, 1.807) is 0 Å². The molecule has 1 heterocycles. The van der Waals surface area contributed by atoms with Crippen molar-refractivity contribution in [1.29, 1.82) is 0 Å². The van der Waals surface area contributed by atoms with Gasteiger partial charge < -0.3 is 0 Å². The van der Waals surface area contributed by atoms with Crippen LogP contribution in [0.1, 0.15) is 41.5 Å². The molecule has 0 amide bonds. The lowest BCUT2D eigenvalue weighted by molar-refractivity contribution is 0.165. The van der Waals surface area contributed by atoms with E-state index in [9.17, 15) is 0 Å². The van der Waals surface area contributed by atoms with Gasteiger partial charge in [-0.05, 0) is 10.8 Å². The average Bonchev–Trinajstić information content (AvgIpc) is 2.31. The Balaban J connectivity index is 2.86. The van der Waals surface area contributed by atoms with Crippen LogP contribution in [-0.2, 0) is 0 Å². The Morgan fingerprint density at radius 1 is 0.909 bits per heavy atom. The van der Waals surface area contributed by atoms with E-state index in [1.807, 2.05) is 0 Å². The maximum absolute atomic E-state index is 4.45. The first kappa shape index (κ1) is 8.76. The summed E-state index contributed by atoms with van der Waals surface area (Å²) in [6, 6.07) is 0. The van der Waals surface area contributed by atoms with Crippen molar-refractivity contribution in [3.8, 4) is 0 Å². The molecule has 0 radical (unpaired) electrons. The molecule has 1 aliphatic rings. The van der Waals surface area contributed by atoms with Crippen molar-refractivity contribution in [2.75, 3.05) is 0 Å². The van der Waals surface area contributed by atoms with Crippen molar-refractivity contribution in [2.45, 2.75) is 47.1 Å². The molecule has 1 rings (SSSR count). The van der Waals surface area contributed by atoms with Gasteiger partial charge in [-0.25, -0.2) is 0 Å². The molecule has 11 heavy (non-hydrogen) atoms. The second-order valence-corrected chi connectivity index (χ2v) is 5.52. The minimum atomic E-state index is 0.125. The quantitative estimate of drug-likeness (QED) is 0.507. The van der Waals surface area contributed by atoms with Gasteiger partial charge in [0.1, 0.15) is 5.54 Å². The van der Waals surface area contributed by atoms with Crippen molar-refractivity contribution in [3.63, 3.8) is 0 Å². The molecular formula is C10H19N. The van der Waals surface area contributed by atoms with Gasteiger partial charge in [0.15, 0.2) is 0 Å². The van der Waals surface area contributed by atoms with Crippen molar-refractivity contribution in [1.82, 2.24) is 0 Å². The molecule has 0 saturated carbocycles. The van der Waals surface area contributed by atoms with Gasteiger partial charge in [0.25, 0.3) is 0 Å². The van der Waals surface area contributed by atoms with Gasteiger partial charge in [-0.15, -0.1) is 0 Å². The summed E-state index contributed by atoms with van der Waals surface area (Å²) in [5.74, 6) is 0. The summed E-state index contributed by atoms with van der Waals surface area (Å²) in [5, 5.41) is 0. The first-order valence-electron chi connectivity index (χ1n) is 4.27. The third kappa shape index (κ3) is 1.11. The fourth-order valence-electron chi connectivity index (χ4n) is 1.96. The third-order valence-electron chi connectivity index (χ3n) is 2.67. The monoisotopic (exact) mass is 153 g/mol. The molecule has 0 aromatic carbocycles. The molecule has 0 saturated heterocycles. The van der Waals surface area contributed by atoms with Gasteiger partial charge in [0.2, 0.25) is 0 Å². The van der Waals surface area contributed by atoms with Crippen molar-refractivity contribution < 1.29 is 0 Å². The van der Waals surface area contributed by atoms with Crippen LogP contribution in [0.25, 0.3) is 0 Å². The molecule has 0 atom stereocenters. The summed E-state index contributed by atoms with van der Waals surface area (Å²) in [7, 11) is 0. The Morgan fingerprint density at radius 3 is 1.18 bits per heavy atom. The maximum atomic E-state index is 4.45. The molecule has 0 aromatic heterocycles. The molecular weight excluding hydrogens is 134 g/mol. The third-order valence-corrected chi connectivity index (χ3v) is 2.67. The van der Waals surface area contributed by atoms with E-state index >= 15 is 0 Å². The highest BCUT2D eigenvalue weighted by Gasteiger charge is 2.55. The SMILES string of the molecule is CC(C)(C)C1(C(C)(C)C)C=N1. The van der Waals surface area contributed by atoms with Crippen LogP contribution in [0.4, 0.5) is 0 Å². The normalized spacial score (nSPS) is 22.0. The molecule has 0 spiro atoms. The van der Waals surface area contributed by atoms with E-state index < -0.39 is 0 Å². The summed E-state index contributed by atoms with van der Waals surface area (Å²) >= 11 is 0.